The fraction of sp³-hybridized carbons (Fsp3) is 0.600. The maximum Gasteiger partial charge on any atom is 0.272 e. The van der Waals surface area contributed by atoms with Gasteiger partial charge < -0.3 is 15.2 Å². The number of hydrogen-bond donors (Lipinski definition) is 2. The van der Waals surface area contributed by atoms with E-state index in [4.69, 9.17) is 9.84 Å². The molecular weight excluding hydrogens is 198 g/mol. The van der Waals surface area contributed by atoms with E-state index in [9.17, 15) is 9.59 Å². The van der Waals surface area contributed by atoms with Crippen LogP contribution in [0, 0.1) is 0 Å². The maximum absolute atomic E-state index is 11.2. The summed E-state index contributed by atoms with van der Waals surface area (Å²) in [6.07, 6.45) is 0. The standard InChI is InChI=1S/C10H15NO4/c1-4-15-9-6(7(13)8(9)14)11-10(2,3)5-12/h11-12H,4-5H2,1-3H3. The molecule has 5 heteroatoms. The quantitative estimate of drug-likeness (QED) is 0.666. The summed E-state index contributed by atoms with van der Waals surface area (Å²) in [5.74, 6) is 0.0732. The molecule has 0 unspecified atom stereocenters. The lowest BCUT2D eigenvalue weighted by Crippen LogP contribution is -2.43. The smallest absolute Gasteiger partial charge is 0.272 e. The zero-order chi connectivity index (χ0) is 11.6. The van der Waals surface area contributed by atoms with Crippen molar-refractivity contribution >= 4 is 5.69 Å². The molecule has 84 valence electrons. The Hall–Kier alpha value is -1.36. The normalized spacial score (nSPS) is 11.7. The van der Waals surface area contributed by atoms with Crippen LogP contribution in [0.1, 0.15) is 20.8 Å². The van der Waals surface area contributed by atoms with Crippen LogP contribution >= 0.6 is 0 Å². The number of anilines is 1. The van der Waals surface area contributed by atoms with E-state index in [1.165, 1.54) is 0 Å². The Morgan fingerprint density at radius 1 is 1.33 bits per heavy atom. The molecule has 1 aromatic rings. The van der Waals surface area contributed by atoms with Crippen molar-refractivity contribution in [3.05, 3.63) is 20.4 Å². The third-order valence-electron chi connectivity index (χ3n) is 2.01. The highest BCUT2D eigenvalue weighted by molar-refractivity contribution is 5.62. The van der Waals surface area contributed by atoms with E-state index in [-0.39, 0.29) is 18.0 Å². The van der Waals surface area contributed by atoms with Crippen LogP contribution in [0.5, 0.6) is 5.75 Å². The molecule has 0 spiro atoms. The van der Waals surface area contributed by atoms with Gasteiger partial charge in [0.1, 0.15) is 5.69 Å². The number of aliphatic hydroxyl groups is 1. The molecule has 0 fully saturated rings. The van der Waals surface area contributed by atoms with Crippen LogP contribution in [0.15, 0.2) is 9.59 Å². The number of hydrogen-bond acceptors (Lipinski definition) is 5. The van der Waals surface area contributed by atoms with Gasteiger partial charge in [0.2, 0.25) is 0 Å². The van der Waals surface area contributed by atoms with Crippen LogP contribution in [-0.2, 0) is 0 Å². The highest BCUT2D eigenvalue weighted by atomic mass is 16.5. The molecule has 0 amide bonds. The first-order chi connectivity index (χ1) is 6.93. The lowest BCUT2D eigenvalue weighted by Gasteiger charge is -2.26. The monoisotopic (exact) mass is 213 g/mol. The molecular formula is C10H15NO4. The molecule has 5 nitrogen and oxygen atoms in total. The fourth-order valence-electron chi connectivity index (χ4n) is 1.14. The fourth-order valence-corrected chi connectivity index (χ4v) is 1.14. The van der Waals surface area contributed by atoms with Gasteiger partial charge in [-0.1, -0.05) is 0 Å². The van der Waals surface area contributed by atoms with Gasteiger partial charge in [-0.05, 0) is 20.8 Å². The predicted molar refractivity (Wildman–Crippen MR) is 57.3 cm³/mol. The molecule has 0 aliphatic rings. The van der Waals surface area contributed by atoms with Crippen LogP contribution in [0.3, 0.4) is 0 Å². The van der Waals surface area contributed by atoms with E-state index in [0.29, 0.717) is 6.61 Å². The molecule has 0 bridgehead atoms. The third kappa shape index (κ3) is 2.18. The summed E-state index contributed by atoms with van der Waals surface area (Å²) < 4.78 is 5.03. The van der Waals surface area contributed by atoms with Gasteiger partial charge >= 0.3 is 0 Å². The average Bonchev–Trinajstić information content (AvgIpc) is 2.22. The number of aliphatic hydroxyl groups excluding tert-OH is 1. The van der Waals surface area contributed by atoms with E-state index in [1.54, 1.807) is 20.8 Å². The van der Waals surface area contributed by atoms with E-state index < -0.39 is 16.4 Å². The van der Waals surface area contributed by atoms with Crippen molar-refractivity contribution in [3.63, 3.8) is 0 Å². The Morgan fingerprint density at radius 2 is 1.93 bits per heavy atom. The van der Waals surface area contributed by atoms with Gasteiger partial charge in [0.25, 0.3) is 10.9 Å². The van der Waals surface area contributed by atoms with Gasteiger partial charge in [-0.25, -0.2) is 0 Å². The van der Waals surface area contributed by atoms with Gasteiger partial charge in [-0.15, -0.1) is 0 Å². The summed E-state index contributed by atoms with van der Waals surface area (Å²) >= 11 is 0. The molecule has 0 saturated carbocycles. The minimum atomic E-state index is -0.645. The second-order valence-electron chi connectivity index (χ2n) is 3.96. The Kier molecular flexibility index (Phi) is 3.14. The van der Waals surface area contributed by atoms with Crippen molar-refractivity contribution in [3.8, 4) is 5.75 Å². The first-order valence-corrected chi connectivity index (χ1v) is 4.78. The van der Waals surface area contributed by atoms with Crippen molar-refractivity contribution in [2.75, 3.05) is 18.5 Å². The van der Waals surface area contributed by atoms with Crippen LogP contribution in [0.2, 0.25) is 0 Å². The number of nitrogens with one attached hydrogen (secondary N) is 1. The molecule has 0 atom stereocenters. The van der Waals surface area contributed by atoms with Crippen molar-refractivity contribution < 1.29 is 9.84 Å². The van der Waals surface area contributed by atoms with Crippen LogP contribution in [0.25, 0.3) is 0 Å². The Morgan fingerprint density at radius 3 is 2.40 bits per heavy atom. The van der Waals surface area contributed by atoms with E-state index in [2.05, 4.69) is 5.32 Å². The molecule has 0 heterocycles. The van der Waals surface area contributed by atoms with Crippen LogP contribution in [-0.4, -0.2) is 23.9 Å². The van der Waals surface area contributed by atoms with Crippen molar-refractivity contribution in [1.29, 1.82) is 0 Å². The summed E-state index contributed by atoms with van der Waals surface area (Å²) in [5.41, 5.74) is -1.66. The van der Waals surface area contributed by atoms with E-state index >= 15 is 0 Å². The predicted octanol–water partition coefficient (Wildman–Crippen LogP) is -0.136. The molecule has 15 heavy (non-hydrogen) atoms. The molecule has 0 aliphatic heterocycles. The van der Waals surface area contributed by atoms with Crippen molar-refractivity contribution in [1.82, 2.24) is 0 Å². The topological polar surface area (TPSA) is 75.6 Å². The largest absolute Gasteiger partial charge is 0.488 e. The first-order valence-electron chi connectivity index (χ1n) is 4.78. The molecule has 1 aromatic carbocycles. The van der Waals surface area contributed by atoms with Gasteiger partial charge in [-0.2, -0.15) is 0 Å². The van der Waals surface area contributed by atoms with E-state index in [1.807, 2.05) is 0 Å². The van der Waals surface area contributed by atoms with Crippen LogP contribution < -0.4 is 20.9 Å². The lowest BCUT2D eigenvalue weighted by atomic mass is 10.1. The van der Waals surface area contributed by atoms with Crippen molar-refractivity contribution in [2.45, 2.75) is 26.3 Å². The summed E-state index contributed by atoms with van der Waals surface area (Å²) in [6.45, 7) is 5.37. The van der Waals surface area contributed by atoms with Gasteiger partial charge in [0.15, 0.2) is 5.75 Å². The molecule has 2 N–H and O–H groups in total. The number of rotatable bonds is 5. The maximum atomic E-state index is 11.2. The Bertz CT molecular complexity index is 415. The minimum Gasteiger partial charge on any atom is -0.488 e. The first kappa shape index (κ1) is 11.7. The second-order valence-corrected chi connectivity index (χ2v) is 3.96. The Balaban J connectivity index is 2.92. The Labute approximate surface area is 87.4 Å². The zero-order valence-electron chi connectivity index (χ0n) is 9.09. The molecule has 1 rings (SSSR count). The highest BCUT2D eigenvalue weighted by Crippen LogP contribution is 2.21. The molecule has 0 saturated heterocycles. The summed E-state index contributed by atoms with van der Waals surface area (Å²) in [4.78, 5) is 22.3. The van der Waals surface area contributed by atoms with Crippen molar-refractivity contribution in [2.24, 2.45) is 0 Å². The minimum absolute atomic E-state index is 0.0732. The zero-order valence-corrected chi connectivity index (χ0v) is 9.09. The highest BCUT2D eigenvalue weighted by Gasteiger charge is 2.27. The molecule has 0 aliphatic carbocycles. The molecule has 0 aromatic heterocycles. The van der Waals surface area contributed by atoms with Gasteiger partial charge in [0.05, 0.1) is 18.8 Å². The lowest BCUT2D eigenvalue weighted by molar-refractivity contribution is 0.233. The SMILES string of the molecule is CCOc1c(NC(C)(C)CO)c(=O)c1=O. The molecule has 0 radical (unpaired) electrons. The summed E-state index contributed by atoms with van der Waals surface area (Å²) in [6, 6.07) is 0. The van der Waals surface area contributed by atoms with Crippen LogP contribution in [0.4, 0.5) is 5.69 Å². The third-order valence-corrected chi connectivity index (χ3v) is 2.01. The average molecular weight is 213 g/mol. The van der Waals surface area contributed by atoms with Gasteiger partial charge in [-0.3, -0.25) is 9.59 Å². The summed E-state index contributed by atoms with van der Waals surface area (Å²) in [5, 5.41) is 11.8. The summed E-state index contributed by atoms with van der Waals surface area (Å²) in [7, 11) is 0. The van der Waals surface area contributed by atoms with Gasteiger partial charge in [0, 0.05) is 0 Å². The number of ether oxygens (including phenoxy) is 1. The van der Waals surface area contributed by atoms with E-state index in [0.717, 1.165) is 0 Å². The second kappa shape index (κ2) is 4.02.